The molecule has 0 saturated heterocycles. The van der Waals surface area contributed by atoms with E-state index in [1.54, 1.807) is 18.2 Å². The second kappa shape index (κ2) is 10.1. The number of hydrogen-bond acceptors (Lipinski definition) is 8. The summed E-state index contributed by atoms with van der Waals surface area (Å²) in [5, 5.41) is 6.18. The molecule has 16 heteroatoms. The van der Waals surface area contributed by atoms with Crippen molar-refractivity contribution in [3.8, 4) is 16.2 Å². The number of carbonyl (C=O) groups excluding carboxylic acids is 2. The summed E-state index contributed by atoms with van der Waals surface area (Å²) in [6.07, 6.45) is -8.13. The van der Waals surface area contributed by atoms with Gasteiger partial charge in [0, 0.05) is 21.9 Å². The van der Waals surface area contributed by atoms with E-state index in [2.05, 4.69) is 15.2 Å². The largest absolute Gasteiger partial charge is 0.491 e. The van der Waals surface area contributed by atoms with E-state index in [0.717, 1.165) is 9.56 Å². The average Bonchev–Trinajstić information content (AvgIpc) is 3.44. The van der Waals surface area contributed by atoms with Crippen LogP contribution in [0.3, 0.4) is 0 Å². The molecule has 10 nitrogen and oxygen atoms in total. The highest BCUT2D eigenvalue weighted by molar-refractivity contribution is 7.15. The third-order valence-electron chi connectivity index (χ3n) is 5.05. The summed E-state index contributed by atoms with van der Waals surface area (Å²) in [7, 11) is 0. The van der Waals surface area contributed by atoms with Gasteiger partial charge in [0.1, 0.15) is 12.1 Å². The molecule has 4 rings (SSSR count). The van der Waals surface area contributed by atoms with E-state index < -0.39 is 54.8 Å². The number of nitrogens with one attached hydrogen (secondary N) is 1. The number of alkyl halides is 3. The number of fused-ring (bicyclic) bond motifs is 1. The van der Waals surface area contributed by atoms with Gasteiger partial charge in [0.25, 0.3) is 6.08 Å². The van der Waals surface area contributed by atoms with E-state index in [4.69, 9.17) is 10.5 Å². The average molecular weight is 545 g/mol. The molecule has 1 amide bonds. The zero-order valence-corrected chi connectivity index (χ0v) is 19.2. The second-order valence-corrected chi connectivity index (χ2v) is 8.75. The standard InChI is InChI=1S/C21H16F5N5O5S/c22-16(23)11(6-27)7-31-20(34)30(9-28-31)8-12-2-4-15(37-12)10-1-3-14-13(5-10)29-17(32)18(35-14)36-19(33)21(24,25)26/h1-5,9,18H,6-8,27H2,(H,29,32). The molecule has 2 aromatic heterocycles. The zero-order valence-electron chi connectivity index (χ0n) is 18.4. The molecule has 1 unspecified atom stereocenters. The van der Waals surface area contributed by atoms with Crippen LogP contribution in [-0.2, 0) is 27.4 Å². The Morgan fingerprint density at radius 1 is 1.22 bits per heavy atom. The summed E-state index contributed by atoms with van der Waals surface area (Å²) in [5.41, 5.74) is 5.04. The number of rotatable bonds is 7. The smallest absolute Gasteiger partial charge is 0.444 e. The Morgan fingerprint density at radius 2 is 1.97 bits per heavy atom. The SMILES string of the molecule is NCC(Cn1ncn(Cc2ccc(-c3ccc4c(c3)NC(=O)C(OC(=O)C(F)(F)F)O4)s2)c1=O)=C(F)F. The van der Waals surface area contributed by atoms with Crippen LogP contribution < -0.4 is 21.5 Å². The van der Waals surface area contributed by atoms with E-state index in [1.807, 2.05) is 0 Å². The number of thiophene rings is 1. The highest BCUT2D eigenvalue weighted by atomic mass is 32.1. The first kappa shape index (κ1) is 26.0. The fourth-order valence-corrected chi connectivity index (χ4v) is 4.25. The minimum absolute atomic E-state index is 0.00492. The molecule has 0 spiro atoms. The third-order valence-corrected chi connectivity index (χ3v) is 6.17. The van der Waals surface area contributed by atoms with Gasteiger partial charge in [0.05, 0.1) is 18.8 Å². The topological polar surface area (TPSA) is 130 Å². The quantitative estimate of drug-likeness (QED) is 0.345. The van der Waals surface area contributed by atoms with Crippen molar-refractivity contribution in [1.29, 1.82) is 0 Å². The van der Waals surface area contributed by atoms with Crippen molar-refractivity contribution in [2.45, 2.75) is 25.6 Å². The fourth-order valence-electron chi connectivity index (χ4n) is 3.24. The summed E-state index contributed by atoms with van der Waals surface area (Å²) in [4.78, 5) is 37.0. The maximum Gasteiger partial charge on any atom is 0.491 e. The first-order valence-corrected chi connectivity index (χ1v) is 11.1. The molecule has 0 saturated carbocycles. The van der Waals surface area contributed by atoms with Gasteiger partial charge in [-0.15, -0.1) is 11.3 Å². The van der Waals surface area contributed by atoms with Crippen LogP contribution in [0.25, 0.3) is 10.4 Å². The molecule has 1 aliphatic rings. The predicted octanol–water partition coefficient (Wildman–Crippen LogP) is 2.69. The third kappa shape index (κ3) is 5.69. The highest BCUT2D eigenvalue weighted by Crippen LogP contribution is 2.37. The van der Waals surface area contributed by atoms with Crippen molar-refractivity contribution in [1.82, 2.24) is 14.3 Å². The predicted molar refractivity (Wildman–Crippen MR) is 119 cm³/mol. The minimum atomic E-state index is -5.29. The van der Waals surface area contributed by atoms with Crippen molar-refractivity contribution in [2.75, 3.05) is 11.9 Å². The summed E-state index contributed by atoms with van der Waals surface area (Å²) >= 11 is 1.29. The number of nitrogens with zero attached hydrogens (tertiary/aromatic N) is 3. The first-order chi connectivity index (χ1) is 17.5. The number of esters is 1. The summed E-state index contributed by atoms with van der Waals surface area (Å²) in [6.45, 7) is -0.735. The lowest BCUT2D eigenvalue weighted by atomic mass is 10.1. The Morgan fingerprint density at radius 3 is 2.65 bits per heavy atom. The van der Waals surface area contributed by atoms with Gasteiger partial charge in [-0.1, -0.05) is 0 Å². The lowest BCUT2D eigenvalue weighted by Crippen LogP contribution is -2.43. The van der Waals surface area contributed by atoms with Gasteiger partial charge >= 0.3 is 30.0 Å². The molecule has 1 atom stereocenters. The number of anilines is 1. The maximum absolute atomic E-state index is 12.8. The lowest BCUT2D eigenvalue weighted by molar-refractivity contribution is -0.215. The Hall–Kier alpha value is -4.05. The molecule has 3 heterocycles. The molecule has 1 aromatic carbocycles. The van der Waals surface area contributed by atoms with Crippen LogP contribution in [0.1, 0.15) is 4.88 Å². The van der Waals surface area contributed by atoms with Gasteiger partial charge in [0.15, 0.2) is 0 Å². The van der Waals surface area contributed by atoms with E-state index in [9.17, 15) is 36.3 Å². The van der Waals surface area contributed by atoms with Crippen LogP contribution in [0.4, 0.5) is 27.6 Å². The fraction of sp³-hybridized carbons (Fsp3) is 0.238. The highest BCUT2D eigenvalue weighted by Gasteiger charge is 2.45. The molecule has 0 radical (unpaired) electrons. The number of carbonyl (C=O) groups is 2. The molecule has 0 aliphatic carbocycles. The normalized spacial score (nSPS) is 15.0. The minimum Gasteiger partial charge on any atom is -0.444 e. The Balaban J connectivity index is 1.47. The number of halogens is 5. The molecular formula is C21H16F5N5O5S. The Bertz CT molecular complexity index is 1440. The Kier molecular flexibility index (Phi) is 7.13. The van der Waals surface area contributed by atoms with Gasteiger partial charge < -0.3 is 20.5 Å². The van der Waals surface area contributed by atoms with Crippen LogP contribution in [-0.4, -0.2) is 45.2 Å². The zero-order chi connectivity index (χ0) is 26.9. The van der Waals surface area contributed by atoms with Crippen LogP contribution in [0.5, 0.6) is 5.75 Å². The first-order valence-electron chi connectivity index (χ1n) is 10.3. The molecule has 3 N–H and O–H groups in total. The van der Waals surface area contributed by atoms with Crippen LogP contribution in [0.2, 0.25) is 0 Å². The number of nitrogens with two attached hydrogens (primary N) is 1. The molecule has 3 aromatic rings. The number of hydrogen-bond donors (Lipinski definition) is 2. The molecular weight excluding hydrogens is 529 g/mol. The van der Waals surface area contributed by atoms with E-state index >= 15 is 0 Å². The summed E-state index contributed by atoms with van der Waals surface area (Å²) < 4.78 is 74.2. The maximum atomic E-state index is 12.8. The second-order valence-electron chi connectivity index (χ2n) is 7.59. The number of amides is 1. The number of ether oxygens (including phenoxy) is 2. The van der Waals surface area contributed by atoms with Crippen molar-refractivity contribution in [2.24, 2.45) is 5.73 Å². The molecule has 1 aliphatic heterocycles. The van der Waals surface area contributed by atoms with Crippen LogP contribution >= 0.6 is 11.3 Å². The molecule has 0 bridgehead atoms. The monoisotopic (exact) mass is 545 g/mol. The molecule has 0 fully saturated rings. The lowest BCUT2D eigenvalue weighted by Gasteiger charge is -2.25. The van der Waals surface area contributed by atoms with Crippen molar-refractivity contribution in [3.05, 3.63) is 63.7 Å². The van der Waals surface area contributed by atoms with Gasteiger partial charge in [-0.3, -0.25) is 9.36 Å². The van der Waals surface area contributed by atoms with Crippen LogP contribution in [0, 0.1) is 0 Å². The van der Waals surface area contributed by atoms with E-state index in [-0.39, 0.29) is 18.0 Å². The van der Waals surface area contributed by atoms with Crippen LogP contribution in [0.15, 0.2) is 53.1 Å². The molecule has 196 valence electrons. The van der Waals surface area contributed by atoms with Gasteiger partial charge in [-0.2, -0.15) is 27.1 Å². The Labute approximate surface area is 207 Å². The van der Waals surface area contributed by atoms with E-state index in [1.165, 1.54) is 34.4 Å². The van der Waals surface area contributed by atoms with Gasteiger partial charge in [0.2, 0.25) is 0 Å². The molecule has 37 heavy (non-hydrogen) atoms. The summed E-state index contributed by atoms with van der Waals surface area (Å²) in [5.74, 6) is -3.66. The van der Waals surface area contributed by atoms with Gasteiger partial charge in [-0.05, 0) is 35.9 Å². The number of benzene rings is 1. The number of aromatic nitrogens is 3. The van der Waals surface area contributed by atoms with Crippen molar-refractivity contribution in [3.63, 3.8) is 0 Å². The van der Waals surface area contributed by atoms with Gasteiger partial charge in [-0.25, -0.2) is 14.3 Å². The van der Waals surface area contributed by atoms with Crippen molar-refractivity contribution >= 4 is 28.9 Å². The summed E-state index contributed by atoms with van der Waals surface area (Å²) in [6, 6.07) is 7.95. The van der Waals surface area contributed by atoms with Crippen molar-refractivity contribution < 1.29 is 41.0 Å². The van der Waals surface area contributed by atoms with E-state index in [0.29, 0.717) is 10.4 Å².